The summed E-state index contributed by atoms with van der Waals surface area (Å²) in [4.78, 5) is 34.8. The van der Waals surface area contributed by atoms with Crippen LogP contribution in [0.1, 0.15) is 262 Å². The first-order valence-electron chi connectivity index (χ1n) is 47.6. The van der Waals surface area contributed by atoms with E-state index in [0.717, 1.165) is 106 Å². The minimum atomic E-state index is -0.363. The van der Waals surface area contributed by atoms with Gasteiger partial charge in [0.15, 0.2) is 17.3 Å². The van der Waals surface area contributed by atoms with E-state index in [0.29, 0.717) is 59.8 Å². The zero-order valence-electron chi connectivity index (χ0n) is 80.9. The Bertz CT molecular complexity index is 4750. The molecule has 12 heteroatoms. The molecule has 0 radical (unpaired) electrons. The Balaban J connectivity index is 0.000000196. The van der Waals surface area contributed by atoms with Gasteiger partial charge in [-0.3, -0.25) is 24.7 Å². The van der Waals surface area contributed by atoms with Crippen molar-refractivity contribution in [3.63, 3.8) is 0 Å². The number of fused-ring (bicyclic) bond motifs is 3. The number of piperazine rings is 1. The number of carbonyl (C=O) groups is 1. The van der Waals surface area contributed by atoms with E-state index in [2.05, 4.69) is 315 Å². The second-order valence-electron chi connectivity index (χ2n) is 37.9. The third-order valence-electron chi connectivity index (χ3n) is 26.3. The zero-order chi connectivity index (χ0) is 91.4. The molecule has 3 unspecified atom stereocenters. The molecule has 0 amide bonds. The number of nitro groups is 1. The fourth-order valence-corrected chi connectivity index (χ4v) is 18.3. The largest absolute Gasteiger partial charge is 0.493 e. The van der Waals surface area contributed by atoms with Gasteiger partial charge in [-0.15, -0.1) is 0 Å². The monoisotopic (exact) mass is 1730 g/mol. The number of nitrogens with zero attached hydrogens (tertiary/aromatic N) is 6. The summed E-state index contributed by atoms with van der Waals surface area (Å²) in [6.45, 7) is 43.8. The summed E-state index contributed by atoms with van der Waals surface area (Å²) in [5.74, 6) is 6.21. The van der Waals surface area contributed by atoms with Gasteiger partial charge in [-0.05, 0) is 263 Å². The Kier molecular flexibility index (Phi) is 42.9. The Morgan fingerprint density at radius 3 is 1.55 bits per heavy atom. The van der Waals surface area contributed by atoms with Gasteiger partial charge in [0.2, 0.25) is 0 Å². The highest BCUT2D eigenvalue weighted by Gasteiger charge is 2.35. The number of hydrogen-bond donors (Lipinski definition) is 0. The molecule has 0 spiro atoms. The number of unbranched alkanes of at least 4 members (excludes halogenated alkanes) is 1. The number of hydrogen-bond acceptors (Lipinski definition) is 11. The van der Waals surface area contributed by atoms with Gasteiger partial charge in [0, 0.05) is 94.4 Å². The van der Waals surface area contributed by atoms with Crippen LogP contribution in [0.25, 0.3) is 5.57 Å². The van der Waals surface area contributed by atoms with Crippen molar-refractivity contribution < 1.29 is 23.9 Å². The van der Waals surface area contributed by atoms with Crippen molar-refractivity contribution in [1.82, 2.24) is 14.7 Å². The number of aryl methyl sites for hydroxylation is 3. The predicted octanol–water partition coefficient (Wildman–Crippen LogP) is 28.8. The number of piperidine rings is 1. The second kappa shape index (κ2) is 53.1. The molecule has 5 fully saturated rings. The maximum Gasteiger partial charge on any atom is 0.277 e. The molecule has 2 aliphatic heterocycles. The number of benzene rings is 10. The maximum absolute atomic E-state index is 11.6. The molecule has 2 saturated heterocycles. The Hall–Kier alpha value is -10.1. The van der Waals surface area contributed by atoms with Crippen molar-refractivity contribution >= 4 is 28.4 Å². The minimum Gasteiger partial charge on any atom is -0.493 e. The van der Waals surface area contributed by atoms with Crippen LogP contribution in [0.2, 0.25) is 0 Å². The van der Waals surface area contributed by atoms with Gasteiger partial charge in [-0.25, -0.2) is 0 Å². The Morgan fingerprint density at radius 1 is 0.578 bits per heavy atom. The summed E-state index contributed by atoms with van der Waals surface area (Å²) in [5.41, 5.74) is 22.3. The van der Waals surface area contributed by atoms with Crippen LogP contribution < -0.4 is 24.0 Å². The standard InChI is InChI=1S/C27H34.C25H28N2.C25H34O2.C20H26N2O4.C9H13N.C9H19N.CH4/c1-18(2)21-9-13-24(14-10-21)27(25-15-11-22(12-16-25)19(3)4)26-17-20-5-7-23(26)8-6-20;1-21-12-14-24(15-13-21)27-18-16-26(17-19-27)20-25(22-8-4-2-5-9-22)23-10-6-3-7-11-23;1-18(17-27-23-12-13-24(20(3)26)19(2)15-23)14-22(25(4,5)6)16-21-10-8-7-9-11-21;1-4-5-11-21(14-16-9-7-6-8-10-16)15-17-12-19(25-2)20(26-3)13-18(17)22(23)24;1-8-4-6-9(7-5-8)10(2)3;1-3-9-7-5-6-8-10(9)4-2;/h9-16,18-20,23H,5-8,17H2,1-4H3;2-15,25H,16-20H2,1H3;7-13,15,18,22H,14,16-17H2,1-6H3;6-10,12-13H,4-5,11,14-15H2,1-3H3;4-7H,1-3H3;9H,3-8H2,1-2H3;1H4. The smallest absolute Gasteiger partial charge is 0.277 e. The zero-order valence-corrected chi connectivity index (χ0v) is 80.9. The van der Waals surface area contributed by atoms with Crippen LogP contribution in [0.3, 0.4) is 0 Å². The minimum absolute atomic E-state index is 0. The molecule has 2 bridgehead atoms. The molecule has 0 aromatic heterocycles. The summed E-state index contributed by atoms with van der Waals surface area (Å²) in [6.07, 6.45) is 17.0. The van der Waals surface area contributed by atoms with Crippen LogP contribution in [0.4, 0.5) is 17.1 Å². The van der Waals surface area contributed by atoms with E-state index in [4.69, 9.17) is 14.2 Å². The third kappa shape index (κ3) is 32.5. The molecule has 2 heterocycles. The first-order valence-corrected chi connectivity index (χ1v) is 47.6. The predicted molar refractivity (Wildman–Crippen MR) is 544 cm³/mol. The number of rotatable bonds is 30. The fraction of sp³-hybridized carbons (Fsp3) is 0.457. The Labute approximate surface area is 774 Å². The molecule has 15 rings (SSSR count). The number of ether oxygens (including phenoxy) is 3. The highest BCUT2D eigenvalue weighted by molar-refractivity contribution is 5.95. The number of anilines is 2. The molecular formula is C116H158N6O6. The van der Waals surface area contributed by atoms with Crippen molar-refractivity contribution in [3.05, 3.63) is 337 Å². The number of allylic oxidation sites excluding steroid dienone is 1. The molecule has 10 aromatic carbocycles. The fourth-order valence-electron chi connectivity index (χ4n) is 18.3. The van der Waals surface area contributed by atoms with Crippen LogP contribution in [0.5, 0.6) is 17.2 Å². The van der Waals surface area contributed by atoms with Gasteiger partial charge in [0.25, 0.3) is 5.69 Å². The molecule has 3 saturated carbocycles. The van der Waals surface area contributed by atoms with E-state index >= 15 is 0 Å². The van der Waals surface area contributed by atoms with Crippen LogP contribution in [-0.4, -0.2) is 119 Å². The lowest BCUT2D eigenvalue weighted by Crippen LogP contribution is -2.47. The number of ketones is 1. The van der Waals surface area contributed by atoms with E-state index in [1.165, 1.54) is 164 Å². The number of likely N-dealkylation sites (tertiary alicyclic amines) is 1. The average molecular weight is 1730 g/mol. The lowest BCUT2D eigenvalue weighted by atomic mass is 9.65. The lowest BCUT2D eigenvalue weighted by molar-refractivity contribution is -0.385. The molecule has 5 aliphatic rings. The number of methoxy groups -OCH3 is 2. The van der Waals surface area contributed by atoms with Crippen LogP contribution >= 0.6 is 0 Å². The van der Waals surface area contributed by atoms with Crippen molar-refractivity contribution in [3.8, 4) is 17.2 Å². The summed E-state index contributed by atoms with van der Waals surface area (Å²) < 4.78 is 16.6. The van der Waals surface area contributed by atoms with Crippen LogP contribution in [0, 0.1) is 60.0 Å². The molecular weight excluding hydrogens is 1570 g/mol. The maximum atomic E-state index is 11.6. The van der Waals surface area contributed by atoms with Crippen molar-refractivity contribution in [2.75, 3.05) is 97.1 Å². The topological polar surface area (TPSA) is 104 Å². The lowest BCUT2D eigenvalue weighted by Gasteiger charge is -2.40. The third-order valence-corrected chi connectivity index (χ3v) is 26.3. The molecule has 0 N–H and O–H groups in total. The summed E-state index contributed by atoms with van der Waals surface area (Å²) in [5, 5.41) is 11.5. The molecule has 688 valence electrons. The molecule has 3 atom stereocenters. The highest BCUT2D eigenvalue weighted by atomic mass is 16.6. The van der Waals surface area contributed by atoms with Gasteiger partial charge >= 0.3 is 0 Å². The van der Waals surface area contributed by atoms with E-state index in [-0.39, 0.29) is 29.2 Å². The summed E-state index contributed by atoms with van der Waals surface area (Å²) in [6, 6.07) is 88.8. The molecule has 128 heavy (non-hydrogen) atoms. The summed E-state index contributed by atoms with van der Waals surface area (Å²) >= 11 is 0. The molecule has 12 nitrogen and oxygen atoms in total. The first kappa shape index (κ1) is 103. The van der Waals surface area contributed by atoms with Crippen LogP contribution in [0.15, 0.2) is 254 Å². The SMILES string of the molecule is C.CC(=O)c1ccc(OCC(C)CC(Cc2ccccc2)C(C)(C)C)cc1C.CC(C)c1ccc(C(=C2CC3CCC2CC3)c2ccc(C(C)C)cc2)cc1.CCC1CCCCN1CC.CCCCN(Cc1ccccc1)Cc1cc(OC)c(OC)cc1[N+](=O)[O-].Cc1ccc(N(C)C)cc1.Cc1ccc(N2CCN(CC(c3ccccc3)c3ccccc3)CC2)cc1. The van der Waals surface area contributed by atoms with Gasteiger partial charge < -0.3 is 28.9 Å². The normalized spacial score (nSPS) is 15.9. The van der Waals surface area contributed by atoms with Gasteiger partial charge in [-0.1, -0.05) is 307 Å². The van der Waals surface area contributed by atoms with Crippen molar-refractivity contribution in [2.24, 2.45) is 29.1 Å². The molecule has 10 aromatic rings. The van der Waals surface area contributed by atoms with E-state index < -0.39 is 0 Å². The number of nitro benzene ring substituents is 1. The molecule has 3 aliphatic carbocycles. The highest BCUT2D eigenvalue weighted by Crippen LogP contribution is 2.49. The number of Topliss-reactive ketones (excluding diaryl/α,β-unsaturated/α-hetero) is 1. The van der Waals surface area contributed by atoms with Gasteiger partial charge in [0.1, 0.15) is 5.75 Å². The van der Waals surface area contributed by atoms with Gasteiger partial charge in [-0.2, -0.15) is 0 Å². The number of carbonyl (C=O) groups excluding carboxylic acids is 1. The average Bonchev–Trinajstić information content (AvgIpc) is 0.772. The van der Waals surface area contributed by atoms with E-state index in [1.807, 2.05) is 57.4 Å². The van der Waals surface area contributed by atoms with E-state index in [9.17, 15) is 14.9 Å². The second-order valence-corrected chi connectivity index (χ2v) is 37.9. The van der Waals surface area contributed by atoms with Crippen molar-refractivity contribution in [2.45, 2.75) is 232 Å². The first-order chi connectivity index (χ1) is 61.1. The summed E-state index contributed by atoms with van der Waals surface area (Å²) in [7, 11) is 7.10. The van der Waals surface area contributed by atoms with E-state index in [1.54, 1.807) is 18.6 Å². The Morgan fingerprint density at radius 2 is 1.10 bits per heavy atom. The van der Waals surface area contributed by atoms with Gasteiger partial charge in [0.05, 0.1) is 31.8 Å². The van der Waals surface area contributed by atoms with Crippen LogP contribution in [-0.2, 0) is 19.5 Å². The quantitative estimate of drug-likeness (QED) is 0.0244. The van der Waals surface area contributed by atoms with Crippen molar-refractivity contribution in [1.29, 1.82) is 0 Å².